The molecular weight excluding hydrogens is 394 g/mol. The molecule has 0 amide bonds. The van der Waals surface area contributed by atoms with Crippen LogP contribution < -0.4 is 10.9 Å². The molecule has 0 fully saturated rings. The molecule has 2 rings (SSSR count). The lowest BCUT2D eigenvalue weighted by Gasteiger charge is -2.04. The summed E-state index contributed by atoms with van der Waals surface area (Å²) in [5.41, 5.74) is 5.43. The lowest BCUT2D eigenvalue weighted by molar-refractivity contribution is 0.429. The standard InChI is InChI=1S/C18H17N7O5/c1-2-14(28)11(5-6-26)9-19-23-16-8-17(22-18(21-16)25-30)24-20-10-12-7-13(27)3-4-15(12)29/h2-10,26-29H,1H2,(H2,21,22,23,24)/b6-5+,14-11-,19-9+,20-10+. The van der Waals surface area contributed by atoms with E-state index in [1.807, 2.05) is 0 Å². The molecule has 0 aliphatic rings. The first kappa shape index (κ1) is 21.6. The minimum absolute atomic E-state index is 0.0555. The molecule has 0 aliphatic heterocycles. The van der Waals surface area contributed by atoms with Crippen LogP contribution in [0.2, 0.25) is 0 Å². The molecule has 2 aromatic rings. The second-order valence-corrected chi connectivity index (χ2v) is 5.37. The molecule has 154 valence electrons. The number of nitrogens with one attached hydrogen (secondary N) is 2. The summed E-state index contributed by atoms with van der Waals surface area (Å²) in [4.78, 5) is 18.4. The van der Waals surface area contributed by atoms with Crippen LogP contribution in [0.15, 0.2) is 76.0 Å². The van der Waals surface area contributed by atoms with Crippen molar-refractivity contribution in [2.24, 2.45) is 15.4 Å². The van der Waals surface area contributed by atoms with Gasteiger partial charge in [0.1, 0.15) is 17.3 Å². The summed E-state index contributed by atoms with van der Waals surface area (Å²) in [6.45, 7) is 3.40. The lowest BCUT2D eigenvalue weighted by atomic mass is 10.2. The number of nitrogens with zero attached hydrogens (tertiary/aromatic N) is 5. The Balaban J connectivity index is 2.17. The number of aliphatic hydroxyl groups excluding tert-OH is 2. The summed E-state index contributed by atoms with van der Waals surface area (Å²) in [5, 5.41) is 48.0. The number of benzene rings is 1. The van der Waals surface area contributed by atoms with Gasteiger partial charge in [-0.05, 0) is 30.4 Å². The van der Waals surface area contributed by atoms with Gasteiger partial charge in [-0.15, -0.1) is 4.91 Å². The Morgan fingerprint density at radius 2 is 1.80 bits per heavy atom. The van der Waals surface area contributed by atoms with E-state index in [2.05, 4.69) is 42.8 Å². The van der Waals surface area contributed by atoms with Crippen LogP contribution >= 0.6 is 0 Å². The third-order valence-electron chi connectivity index (χ3n) is 3.32. The van der Waals surface area contributed by atoms with Gasteiger partial charge in [0.2, 0.25) is 0 Å². The maximum absolute atomic E-state index is 10.8. The molecule has 0 radical (unpaired) electrons. The van der Waals surface area contributed by atoms with Crippen LogP contribution in [0.3, 0.4) is 0 Å². The van der Waals surface area contributed by atoms with Crippen LogP contribution in [-0.4, -0.2) is 42.8 Å². The highest BCUT2D eigenvalue weighted by molar-refractivity contribution is 5.85. The van der Waals surface area contributed by atoms with E-state index in [-0.39, 0.29) is 40.0 Å². The maximum atomic E-state index is 10.8. The van der Waals surface area contributed by atoms with Crippen LogP contribution in [0, 0.1) is 4.91 Å². The highest BCUT2D eigenvalue weighted by Gasteiger charge is 2.05. The Kier molecular flexibility index (Phi) is 7.59. The average molecular weight is 411 g/mol. The highest BCUT2D eigenvalue weighted by Crippen LogP contribution is 2.20. The van der Waals surface area contributed by atoms with E-state index in [0.29, 0.717) is 6.26 Å². The van der Waals surface area contributed by atoms with Gasteiger partial charge in [0.25, 0.3) is 5.95 Å². The van der Waals surface area contributed by atoms with Crippen LogP contribution in [0.5, 0.6) is 11.5 Å². The molecular formula is C18H17N7O5. The van der Waals surface area contributed by atoms with Gasteiger partial charge in [0, 0.05) is 22.4 Å². The molecule has 1 heterocycles. The Labute approximate surface area is 169 Å². The van der Waals surface area contributed by atoms with Crippen molar-refractivity contribution in [2.45, 2.75) is 0 Å². The highest BCUT2D eigenvalue weighted by atomic mass is 16.3. The average Bonchev–Trinajstić information content (AvgIpc) is 2.74. The van der Waals surface area contributed by atoms with Crippen LogP contribution in [0.4, 0.5) is 17.6 Å². The molecule has 30 heavy (non-hydrogen) atoms. The topological polar surface area (TPSA) is 185 Å². The Bertz CT molecular complexity index is 1050. The Morgan fingerprint density at radius 3 is 2.43 bits per heavy atom. The molecule has 1 aromatic carbocycles. The number of aliphatic hydroxyl groups is 2. The summed E-state index contributed by atoms with van der Waals surface area (Å²) in [6.07, 6.45) is 5.46. The number of rotatable bonds is 9. The second kappa shape index (κ2) is 10.6. The molecule has 0 bridgehead atoms. The maximum Gasteiger partial charge on any atom is 0.295 e. The van der Waals surface area contributed by atoms with Gasteiger partial charge >= 0.3 is 0 Å². The van der Waals surface area contributed by atoms with Crippen LogP contribution in [-0.2, 0) is 0 Å². The normalized spacial score (nSPS) is 12.3. The summed E-state index contributed by atoms with van der Waals surface area (Å²) in [5.74, 6) is -0.646. The van der Waals surface area contributed by atoms with Gasteiger partial charge in [-0.3, -0.25) is 10.9 Å². The smallest absolute Gasteiger partial charge is 0.295 e. The van der Waals surface area contributed by atoms with Crippen molar-refractivity contribution >= 4 is 30.0 Å². The number of phenolic OH excluding ortho intramolecular Hbond substituents is 2. The largest absolute Gasteiger partial charge is 0.516 e. The predicted molar refractivity (Wildman–Crippen MR) is 112 cm³/mol. The van der Waals surface area contributed by atoms with Crippen molar-refractivity contribution < 1.29 is 20.4 Å². The number of anilines is 2. The fourth-order valence-corrected chi connectivity index (χ4v) is 1.96. The molecule has 12 nitrogen and oxygen atoms in total. The Morgan fingerprint density at radius 1 is 1.10 bits per heavy atom. The molecule has 0 saturated heterocycles. The minimum Gasteiger partial charge on any atom is -0.516 e. The Hall–Kier alpha value is -4.74. The first-order valence-electron chi connectivity index (χ1n) is 8.15. The summed E-state index contributed by atoms with van der Waals surface area (Å²) in [7, 11) is 0. The molecule has 12 heteroatoms. The summed E-state index contributed by atoms with van der Waals surface area (Å²) < 4.78 is 0. The molecule has 0 aliphatic carbocycles. The number of aromatic hydroxyl groups is 2. The zero-order chi connectivity index (χ0) is 21.9. The predicted octanol–water partition coefficient (Wildman–Crippen LogP) is 3.20. The van der Waals surface area contributed by atoms with E-state index >= 15 is 0 Å². The van der Waals surface area contributed by atoms with Crippen molar-refractivity contribution in [3.63, 3.8) is 0 Å². The first-order valence-corrected chi connectivity index (χ1v) is 8.15. The molecule has 1 aromatic heterocycles. The first-order chi connectivity index (χ1) is 14.5. The van der Waals surface area contributed by atoms with Gasteiger partial charge in [0.15, 0.2) is 11.6 Å². The van der Waals surface area contributed by atoms with Gasteiger partial charge in [-0.1, -0.05) is 6.58 Å². The third-order valence-corrected chi connectivity index (χ3v) is 3.32. The number of phenols is 2. The van der Waals surface area contributed by atoms with E-state index in [4.69, 9.17) is 5.11 Å². The zero-order valence-corrected chi connectivity index (χ0v) is 15.3. The molecule has 6 N–H and O–H groups in total. The monoisotopic (exact) mass is 411 g/mol. The van der Waals surface area contributed by atoms with Crippen molar-refractivity contribution in [3.05, 3.63) is 71.1 Å². The van der Waals surface area contributed by atoms with Crippen LogP contribution in [0.1, 0.15) is 5.56 Å². The van der Waals surface area contributed by atoms with E-state index in [0.717, 1.165) is 6.08 Å². The number of allylic oxidation sites excluding steroid dienone is 3. The van der Waals surface area contributed by atoms with Crippen LogP contribution in [0.25, 0.3) is 0 Å². The van der Waals surface area contributed by atoms with E-state index in [1.165, 1.54) is 42.8 Å². The van der Waals surface area contributed by atoms with Crippen molar-refractivity contribution in [2.75, 3.05) is 10.9 Å². The SMILES string of the molecule is C=C/C(O)=C(\C=C\O)/C=N/Nc1cc(N/N=C/c2cc(O)ccc2O)nc(N=O)n1. The van der Waals surface area contributed by atoms with E-state index < -0.39 is 5.95 Å². The molecule has 0 unspecified atom stereocenters. The molecule has 0 spiro atoms. The summed E-state index contributed by atoms with van der Waals surface area (Å²) >= 11 is 0. The summed E-state index contributed by atoms with van der Waals surface area (Å²) in [6, 6.07) is 5.26. The number of hydrogen-bond donors (Lipinski definition) is 6. The second-order valence-electron chi connectivity index (χ2n) is 5.37. The number of nitroso groups, excluding NO2 is 1. The fourth-order valence-electron chi connectivity index (χ4n) is 1.96. The van der Waals surface area contributed by atoms with Gasteiger partial charge in [-0.25, -0.2) is 0 Å². The van der Waals surface area contributed by atoms with E-state index in [1.54, 1.807) is 0 Å². The van der Waals surface area contributed by atoms with E-state index in [9.17, 15) is 20.2 Å². The molecule has 0 saturated carbocycles. The molecule has 0 atom stereocenters. The zero-order valence-electron chi connectivity index (χ0n) is 15.3. The van der Waals surface area contributed by atoms with Crippen molar-refractivity contribution in [1.29, 1.82) is 0 Å². The van der Waals surface area contributed by atoms with Gasteiger partial charge in [0.05, 0.1) is 18.7 Å². The minimum atomic E-state index is -0.409. The third kappa shape index (κ3) is 6.16. The number of aromatic nitrogens is 2. The lowest BCUT2D eigenvalue weighted by Crippen LogP contribution is -2.00. The quantitative estimate of drug-likeness (QED) is 0.0900. The van der Waals surface area contributed by atoms with Gasteiger partial charge < -0.3 is 20.4 Å². The fraction of sp³-hybridized carbons (Fsp3) is 0. The van der Waals surface area contributed by atoms with Crippen molar-refractivity contribution in [1.82, 2.24) is 9.97 Å². The number of hydrazone groups is 2. The van der Waals surface area contributed by atoms with Crippen molar-refractivity contribution in [3.8, 4) is 11.5 Å². The number of hydrogen-bond acceptors (Lipinski definition) is 12. The van der Waals surface area contributed by atoms with Gasteiger partial charge in [-0.2, -0.15) is 20.2 Å².